The van der Waals surface area contributed by atoms with Crippen LogP contribution >= 0.6 is 0 Å². The highest BCUT2D eigenvalue weighted by atomic mass is 32.2. The predicted molar refractivity (Wildman–Crippen MR) is 71.7 cm³/mol. The molecule has 2 aromatic heterocycles. The fraction of sp³-hybridized carbons (Fsp3) is 0.500. The van der Waals surface area contributed by atoms with Gasteiger partial charge in [-0.25, -0.2) is 13.4 Å². The first kappa shape index (κ1) is 16.5. The summed E-state index contributed by atoms with van der Waals surface area (Å²) in [7, 11) is -2.60. The molecule has 0 N–H and O–H groups in total. The van der Waals surface area contributed by atoms with Crippen molar-refractivity contribution in [2.75, 3.05) is 0 Å². The number of hydrogen-bond acceptors (Lipinski definition) is 4. The highest BCUT2D eigenvalue weighted by molar-refractivity contribution is 7.90. The Kier molecular flexibility index (Phi) is 4.07. The van der Waals surface area contributed by atoms with Crippen LogP contribution in [0, 0.1) is 0 Å². The first-order valence-electron chi connectivity index (χ1n) is 6.38. The Morgan fingerprint density at radius 3 is 2.45 bits per heavy atom. The number of halogens is 3. The molecule has 22 heavy (non-hydrogen) atoms. The van der Waals surface area contributed by atoms with E-state index in [2.05, 4.69) is 10.1 Å². The van der Waals surface area contributed by atoms with Crippen LogP contribution in [0.4, 0.5) is 13.2 Å². The lowest BCUT2D eigenvalue weighted by Gasteiger charge is -2.11. The van der Waals surface area contributed by atoms with Gasteiger partial charge in [0.15, 0.2) is 5.69 Å². The number of imidazole rings is 1. The zero-order valence-corrected chi connectivity index (χ0v) is 13.0. The third-order valence-corrected chi connectivity index (χ3v) is 4.62. The molecule has 10 heteroatoms. The van der Waals surface area contributed by atoms with E-state index in [0.717, 1.165) is 10.7 Å². The first-order valence-corrected chi connectivity index (χ1v) is 8.03. The van der Waals surface area contributed by atoms with Gasteiger partial charge in [-0.05, 0) is 19.9 Å². The van der Waals surface area contributed by atoms with E-state index < -0.39 is 27.5 Å². The Labute approximate surface area is 125 Å². The monoisotopic (exact) mass is 336 g/mol. The Morgan fingerprint density at radius 1 is 1.32 bits per heavy atom. The highest BCUT2D eigenvalue weighted by Gasteiger charge is 2.35. The van der Waals surface area contributed by atoms with Crippen LogP contribution in [-0.4, -0.2) is 27.7 Å². The van der Waals surface area contributed by atoms with E-state index in [1.165, 1.54) is 24.0 Å². The minimum atomic E-state index is -4.61. The van der Waals surface area contributed by atoms with Gasteiger partial charge in [-0.1, -0.05) is 0 Å². The Hall–Kier alpha value is -1.84. The lowest BCUT2D eigenvalue weighted by Crippen LogP contribution is -2.15. The molecule has 6 nitrogen and oxygen atoms in total. The Morgan fingerprint density at radius 2 is 1.95 bits per heavy atom. The van der Waals surface area contributed by atoms with Gasteiger partial charge in [0, 0.05) is 25.5 Å². The molecule has 0 saturated heterocycles. The van der Waals surface area contributed by atoms with Crippen LogP contribution in [0.25, 0.3) is 0 Å². The summed E-state index contributed by atoms with van der Waals surface area (Å²) in [5.41, 5.74) is -1.17. The fourth-order valence-corrected chi connectivity index (χ4v) is 3.58. The number of nitrogens with zero attached hydrogens (tertiary/aromatic N) is 4. The maximum atomic E-state index is 12.6. The third-order valence-electron chi connectivity index (χ3n) is 3.07. The standard InChI is InChI=1S/C12H15F3N4O2S/c1-8(2)19-5-4-16-11(19)22(20,21)7-9-6-10(12(13,14)15)17-18(9)3/h4-6,8H,7H2,1-3H3. The summed E-state index contributed by atoms with van der Waals surface area (Å²) in [5, 5.41) is 3.14. The van der Waals surface area contributed by atoms with Crippen molar-refractivity contribution in [3.63, 3.8) is 0 Å². The van der Waals surface area contributed by atoms with E-state index in [-0.39, 0.29) is 16.9 Å². The van der Waals surface area contributed by atoms with Crippen molar-refractivity contribution in [1.82, 2.24) is 19.3 Å². The van der Waals surface area contributed by atoms with Gasteiger partial charge >= 0.3 is 6.18 Å². The number of aryl methyl sites for hydroxylation is 1. The van der Waals surface area contributed by atoms with Crippen molar-refractivity contribution in [3.05, 3.63) is 29.8 Å². The molecule has 0 unspecified atom stereocenters. The summed E-state index contributed by atoms with van der Waals surface area (Å²) >= 11 is 0. The summed E-state index contributed by atoms with van der Waals surface area (Å²) in [6.07, 6.45) is -1.75. The van der Waals surface area contributed by atoms with Crippen LogP contribution in [0.5, 0.6) is 0 Å². The molecule has 2 aromatic rings. The molecule has 0 atom stereocenters. The van der Waals surface area contributed by atoms with Gasteiger partial charge in [-0.15, -0.1) is 0 Å². The molecule has 0 aliphatic heterocycles. The second-order valence-electron chi connectivity index (χ2n) is 5.11. The Bertz CT molecular complexity index is 775. The lowest BCUT2D eigenvalue weighted by atomic mass is 10.4. The SMILES string of the molecule is CC(C)n1ccnc1S(=O)(=O)Cc1cc(C(F)(F)F)nn1C. The normalized spacial score (nSPS) is 13.0. The molecule has 0 saturated carbocycles. The lowest BCUT2D eigenvalue weighted by molar-refractivity contribution is -0.141. The predicted octanol–water partition coefficient (Wildman–Crippen LogP) is 2.19. The van der Waals surface area contributed by atoms with Crippen LogP contribution in [0.2, 0.25) is 0 Å². The summed E-state index contributed by atoms with van der Waals surface area (Å²) in [6, 6.07) is 0.602. The Balaban J connectivity index is 2.38. The maximum Gasteiger partial charge on any atom is 0.435 e. The number of aromatic nitrogens is 4. The minimum absolute atomic E-state index is 0.0503. The van der Waals surface area contributed by atoms with Gasteiger partial charge in [0.05, 0.1) is 11.4 Å². The van der Waals surface area contributed by atoms with Crippen molar-refractivity contribution in [1.29, 1.82) is 0 Å². The first-order chi connectivity index (χ1) is 10.0. The van der Waals surface area contributed by atoms with Gasteiger partial charge in [0.1, 0.15) is 0 Å². The molecule has 0 aliphatic rings. The molecular weight excluding hydrogens is 321 g/mol. The quantitative estimate of drug-likeness (QED) is 0.858. The molecule has 2 heterocycles. The van der Waals surface area contributed by atoms with Crippen LogP contribution < -0.4 is 0 Å². The summed E-state index contributed by atoms with van der Waals surface area (Å²) in [6.45, 7) is 3.57. The van der Waals surface area contributed by atoms with E-state index in [1.54, 1.807) is 13.8 Å². The van der Waals surface area contributed by atoms with Crippen molar-refractivity contribution < 1.29 is 21.6 Å². The van der Waals surface area contributed by atoms with Crippen molar-refractivity contribution in [2.45, 2.75) is 37.0 Å². The van der Waals surface area contributed by atoms with Gasteiger partial charge in [-0.3, -0.25) is 4.68 Å². The van der Waals surface area contributed by atoms with Crippen LogP contribution in [0.1, 0.15) is 31.3 Å². The maximum absolute atomic E-state index is 12.6. The van der Waals surface area contributed by atoms with Gasteiger partial charge in [0.2, 0.25) is 15.0 Å². The molecule has 0 bridgehead atoms. The zero-order chi connectivity index (χ0) is 16.7. The summed E-state index contributed by atoms with van der Waals surface area (Å²) in [5.74, 6) is -0.601. The number of alkyl halides is 3. The van der Waals surface area contributed by atoms with Gasteiger partial charge < -0.3 is 4.57 Å². The van der Waals surface area contributed by atoms with Crippen molar-refractivity contribution in [2.24, 2.45) is 7.05 Å². The van der Waals surface area contributed by atoms with Gasteiger partial charge in [0.25, 0.3) is 0 Å². The number of hydrogen-bond donors (Lipinski definition) is 0. The number of rotatable bonds is 4. The minimum Gasteiger partial charge on any atom is -0.319 e. The van der Waals surface area contributed by atoms with E-state index in [0.29, 0.717) is 0 Å². The van der Waals surface area contributed by atoms with Crippen molar-refractivity contribution in [3.8, 4) is 0 Å². The molecule has 0 aromatic carbocycles. The molecule has 0 spiro atoms. The van der Waals surface area contributed by atoms with E-state index in [9.17, 15) is 21.6 Å². The van der Waals surface area contributed by atoms with Crippen LogP contribution in [0.3, 0.4) is 0 Å². The van der Waals surface area contributed by atoms with E-state index >= 15 is 0 Å². The van der Waals surface area contributed by atoms with Gasteiger partial charge in [-0.2, -0.15) is 18.3 Å². The second kappa shape index (κ2) is 5.41. The topological polar surface area (TPSA) is 69.8 Å². The molecule has 2 rings (SSSR count). The van der Waals surface area contributed by atoms with E-state index in [1.807, 2.05) is 0 Å². The molecule has 0 fully saturated rings. The third kappa shape index (κ3) is 3.16. The summed E-state index contributed by atoms with van der Waals surface area (Å²) < 4.78 is 65.0. The second-order valence-corrected chi connectivity index (χ2v) is 7.00. The molecule has 0 aliphatic carbocycles. The molecular formula is C12H15F3N4O2S. The largest absolute Gasteiger partial charge is 0.435 e. The zero-order valence-electron chi connectivity index (χ0n) is 12.2. The highest BCUT2D eigenvalue weighted by Crippen LogP contribution is 2.29. The van der Waals surface area contributed by atoms with Crippen molar-refractivity contribution >= 4 is 9.84 Å². The smallest absolute Gasteiger partial charge is 0.319 e. The van der Waals surface area contributed by atoms with Crippen LogP contribution in [0.15, 0.2) is 23.6 Å². The molecule has 0 amide bonds. The molecule has 0 radical (unpaired) electrons. The van der Waals surface area contributed by atoms with E-state index in [4.69, 9.17) is 0 Å². The molecule has 122 valence electrons. The van der Waals surface area contributed by atoms with Crippen LogP contribution in [-0.2, 0) is 28.8 Å². The summed E-state index contributed by atoms with van der Waals surface area (Å²) in [4.78, 5) is 3.81. The average Bonchev–Trinajstić information content (AvgIpc) is 2.96. The average molecular weight is 336 g/mol. The number of sulfone groups is 1. The fourth-order valence-electron chi connectivity index (χ4n) is 1.97.